The summed E-state index contributed by atoms with van der Waals surface area (Å²) in [5.74, 6) is -0.689. The third kappa shape index (κ3) is 8.04. The molecule has 2 rings (SSSR count). The smallest absolute Gasteiger partial charge is 0.333 e. The van der Waals surface area contributed by atoms with Gasteiger partial charge in [0.15, 0.2) is 0 Å². The topological polar surface area (TPSA) is 76.7 Å². The fourth-order valence-electron chi connectivity index (χ4n) is 5.50. The zero-order valence-electron chi connectivity index (χ0n) is 21.8. The van der Waals surface area contributed by atoms with Crippen molar-refractivity contribution in [3.63, 3.8) is 0 Å². The summed E-state index contributed by atoms with van der Waals surface area (Å²) in [5.41, 5.74) is 0.556. The first-order valence-electron chi connectivity index (χ1n) is 11.7. The summed E-state index contributed by atoms with van der Waals surface area (Å²) in [5, 5.41) is 7.18. The number of allylic oxidation sites excluding steroid dienone is 2. The van der Waals surface area contributed by atoms with Gasteiger partial charge in [-0.25, -0.2) is 9.59 Å². The van der Waals surface area contributed by atoms with Gasteiger partial charge in [0.25, 0.3) is 0 Å². The van der Waals surface area contributed by atoms with Crippen LogP contribution in [0.1, 0.15) is 94.9 Å². The van der Waals surface area contributed by atoms with E-state index >= 15 is 0 Å². The highest BCUT2D eigenvalue weighted by Crippen LogP contribution is 2.32. The SMILES string of the molecule is C/C(=C\C=C(/C)C(=O)OC1CC(C)(C)NC(C)(C)C1)C(=O)OC1CC(C)(C)NC(C)(C)C1. The lowest BCUT2D eigenvalue weighted by molar-refractivity contribution is -0.149. The van der Waals surface area contributed by atoms with Crippen LogP contribution in [0.3, 0.4) is 0 Å². The maximum absolute atomic E-state index is 12.6. The van der Waals surface area contributed by atoms with Gasteiger partial charge in [0.05, 0.1) is 0 Å². The molecule has 0 unspecified atom stereocenters. The minimum absolute atomic E-state index is 0.0949. The Morgan fingerprint density at radius 2 is 0.875 bits per heavy atom. The molecule has 182 valence electrons. The molecule has 32 heavy (non-hydrogen) atoms. The predicted molar refractivity (Wildman–Crippen MR) is 128 cm³/mol. The van der Waals surface area contributed by atoms with E-state index in [0.717, 1.165) is 25.7 Å². The van der Waals surface area contributed by atoms with Crippen LogP contribution >= 0.6 is 0 Å². The van der Waals surface area contributed by atoms with Crippen LogP contribution in [0.25, 0.3) is 0 Å². The first-order chi connectivity index (χ1) is 14.4. The molecule has 0 aromatic heterocycles. The number of rotatable bonds is 5. The van der Waals surface area contributed by atoms with Crippen molar-refractivity contribution in [1.82, 2.24) is 10.6 Å². The zero-order chi connectivity index (χ0) is 24.5. The van der Waals surface area contributed by atoms with Gasteiger partial charge in [0, 0.05) is 59.0 Å². The zero-order valence-corrected chi connectivity index (χ0v) is 21.8. The molecule has 2 fully saturated rings. The minimum atomic E-state index is -0.345. The van der Waals surface area contributed by atoms with Crippen molar-refractivity contribution in [3.8, 4) is 0 Å². The summed E-state index contributed by atoms with van der Waals surface area (Å²) in [4.78, 5) is 25.2. The Morgan fingerprint density at radius 3 is 1.12 bits per heavy atom. The number of ether oxygens (including phenoxy) is 2. The Morgan fingerprint density at radius 1 is 0.625 bits per heavy atom. The second kappa shape index (κ2) is 9.30. The highest BCUT2D eigenvalue weighted by Gasteiger charge is 2.40. The fourth-order valence-corrected chi connectivity index (χ4v) is 5.50. The molecule has 0 aromatic carbocycles. The van der Waals surface area contributed by atoms with Crippen LogP contribution < -0.4 is 10.6 Å². The molecule has 6 nitrogen and oxygen atoms in total. The van der Waals surface area contributed by atoms with E-state index in [9.17, 15) is 9.59 Å². The van der Waals surface area contributed by atoms with Crippen LogP contribution in [-0.2, 0) is 19.1 Å². The summed E-state index contributed by atoms with van der Waals surface area (Å²) < 4.78 is 11.6. The van der Waals surface area contributed by atoms with Crippen molar-refractivity contribution in [2.45, 2.75) is 129 Å². The summed E-state index contributed by atoms with van der Waals surface area (Å²) >= 11 is 0. The number of carbonyl (C=O) groups excluding carboxylic acids is 2. The van der Waals surface area contributed by atoms with Crippen LogP contribution in [0.2, 0.25) is 0 Å². The van der Waals surface area contributed by atoms with E-state index in [1.165, 1.54) is 0 Å². The second-order valence-corrected chi connectivity index (χ2v) is 12.4. The largest absolute Gasteiger partial charge is 0.459 e. The summed E-state index contributed by atoms with van der Waals surface area (Å²) in [6, 6.07) is 0. The van der Waals surface area contributed by atoms with E-state index in [-0.39, 0.29) is 46.3 Å². The average Bonchev–Trinajstić information content (AvgIpc) is 2.53. The van der Waals surface area contributed by atoms with Crippen molar-refractivity contribution in [3.05, 3.63) is 23.3 Å². The van der Waals surface area contributed by atoms with Crippen molar-refractivity contribution in [1.29, 1.82) is 0 Å². The number of piperidine rings is 2. The van der Waals surface area contributed by atoms with Gasteiger partial charge in [0.1, 0.15) is 12.2 Å². The van der Waals surface area contributed by atoms with E-state index in [1.54, 1.807) is 26.0 Å². The van der Waals surface area contributed by atoms with Crippen LogP contribution in [-0.4, -0.2) is 46.3 Å². The molecular weight excluding hydrogens is 404 g/mol. The molecule has 2 aliphatic heterocycles. The number of hydrogen-bond donors (Lipinski definition) is 2. The molecule has 2 saturated heterocycles. The third-order valence-corrected chi connectivity index (χ3v) is 6.08. The van der Waals surface area contributed by atoms with Gasteiger partial charge < -0.3 is 20.1 Å². The van der Waals surface area contributed by atoms with Gasteiger partial charge in [0.2, 0.25) is 0 Å². The van der Waals surface area contributed by atoms with Gasteiger partial charge in [-0.05, 0) is 69.2 Å². The summed E-state index contributed by atoms with van der Waals surface area (Å²) in [6.07, 6.45) is 6.06. The van der Waals surface area contributed by atoms with Gasteiger partial charge in [-0.1, -0.05) is 12.2 Å². The van der Waals surface area contributed by atoms with Crippen molar-refractivity contribution < 1.29 is 19.1 Å². The minimum Gasteiger partial charge on any atom is -0.459 e. The number of carbonyl (C=O) groups is 2. The third-order valence-electron chi connectivity index (χ3n) is 6.08. The van der Waals surface area contributed by atoms with E-state index in [2.05, 4.69) is 66.0 Å². The molecule has 0 atom stereocenters. The Labute approximate surface area is 194 Å². The van der Waals surface area contributed by atoms with Gasteiger partial charge in [-0.2, -0.15) is 0 Å². The van der Waals surface area contributed by atoms with Crippen molar-refractivity contribution in [2.24, 2.45) is 0 Å². The molecule has 0 bridgehead atoms. The Balaban J connectivity index is 1.97. The quantitative estimate of drug-likeness (QED) is 0.364. The normalized spacial score (nSPS) is 25.8. The number of nitrogens with one attached hydrogen (secondary N) is 2. The van der Waals surface area contributed by atoms with E-state index in [4.69, 9.17) is 9.47 Å². The molecule has 0 aliphatic carbocycles. The molecule has 2 N–H and O–H groups in total. The Bertz CT molecular complexity index is 692. The van der Waals surface area contributed by atoms with E-state index in [1.807, 2.05) is 0 Å². The second-order valence-electron chi connectivity index (χ2n) is 12.4. The molecule has 0 saturated carbocycles. The first kappa shape index (κ1) is 26.6. The maximum atomic E-state index is 12.6. The molecule has 0 amide bonds. The molecule has 2 aliphatic rings. The Kier molecular flexibility index (Phi) is 7.73. The van der Waals surface area contributed by atoms with Crippen molar-refractivity contribution in [2.75, 3.05) is 0 Å². The fraction of sp³-hybridized carbons (Fsp3) is 0.769. The predicted octanol–water partition coefficient (Wildman–Crippen LogP) is 4.58. The van der Waals surface area contributed by atoms with Gasteiger partial charge in [-0.3, -0.25) is 0 Å². The first-order valence-corrected chi connectivity index (χ1v) is 11.7. The average molecular weight is 449 g/mol. The molecular formula is C26H44N2O4. The lowest BCUT2D eigenvalue weighted by atomic mass is 9.81. The Hall–Kier alpha value is -1.66. The molecule has 6 heteroatoms. The van der Waals surface area contributed by atoms with Crippen LogP contribution in [0, 0.1) is 0 Å². The maximum Gasteiger partial charge on any atom is 0.333 e. The highest BCUT2D eigenvalue weighted by atomic mass is 16.5. The lowest BCUT2D eigenvalue weighted by Crippen LogP contribution is -2.59. The standard InChI is InChI=1S/C26H44N2O4/c1-17(21(29)31-19-13-23(3,4)27-24(5,6)14-19)11-12-18(2)22(30)32-20-15-25(7,8)28-26(9,10)16-20/h11-12,19-20,27-28H,13-16H2,1-10H3/b17-11+,18-12+. The molecule has 2 heterocycles. The summed E-state index contributed by atoms with van der Waals surface area (Å²) in [6.45, 7) is 20.4. The lowest BCUT2D eigenvalue weighted by Gasteiger charge is -2.46. The van der Waals surface area contributed by atoms with Gasteiger partial charge >= 0.3 is 11.9 Å². The monoisotopic (exact) mass is 448 g/mol. The van der Waals surface area contributed by atoms with Crippen molar-refractivity contribution >= 4 is 11.9 Å². The molecule has 0 radical (unpaired) electrons. The van der Waals surface area contributed by atoms with E-state index < -0.39 is 0 Å². The van der Waals surface area contributed by atoms with E-state index in [0.29, 0.717) is 11.1 Å². The molecule has 0 aromatic rings. The summed E-state index contributed by atoms with van der Waals surface area (Å²) in [7, 11) is 0. The number of esters is 2. The van der Waals surface area contributed by atoms with Crippen LogP contribution in [0.15, 0.2) is 23.3 Å². The number of hydrogen-bond acceptors (Lipinski definition) is 6. The molecule has 0 spiro atoms. The van der Waals surface area contributed by atoms with Crippen LogP contribution in [0.5, 0.6) is 0 Å². The highest BCUT2D eigenvalue weighted by molar-refractivity contribution is 5.90. The van der Waals surface area contributed by atoms with Crippen LogP contribution in [0.4, 0.5) is 0 Å². The van der Waals surface area contributed by atoms with Gasteiger partial charge in [-0.15, -0.1) is 0 Å².